The Morgan fingerprint density at radius 3 is 2.31 bits per heavy atom. The van der Waals surface area contributed by atoms with Crippen LogP contribution in [0.4, 0.5) is 5.69 Å². The van der Waals surface area contributed by atoms with Crippen LogP contribution < -0.4 is 14.8 Å². The molecule has 156 valence electrons. The molecule has 3 rings (SSSR count). The van der Waals surface area contributed by atoms with Crippen LogP contribution in [0.2, 0.25) is 0 Å². The Labute approximate surface area is 171 Å². The minimum atomic E-state index is -3.50. The van der Waals surface area contributed by atoms with Crippen molar-refractivity contribution in [2.45, 2.75) is 24.2 Å². The number of nitrogens with one attached hydrogen (secondary N) is 1. The first kappa shape index (κ1) is 21.1. The fraction of sp³-hybridized carbons (Fsp3) is 0.381. The Bertz CT molecular complexity index is 952. The molecule has 0 aliphatic carbocycles. The van der Waals surface area contributed by atoms with E-state index in [1.807, 2.05) is 0 Å². The SMILES string of the molecule is COc1ccc(NCC(=O)c2ccc(S(=O)(=O)N3CCCCC3)cc2)c(OC)c1. The summed E-state index contributed by atoms with van der Waals surface area (Å²) in [5.74, 6) is 1.08. The minimum Gasteiger partial charge on any atom is -0.497 e. The molecule has 0 bridgehead atoms. The van der Waals surface area contributed by atoms with Gasteiger partial charge in [0.2, 0.25) is 10.0 Å². The predicted molar refractivity (Wildman–Crippen MR) is 111 cm³/mol. The number of anilines is 1. The average Bonchev–Trinajstić information content (AvgIpc) is 2.78. The van der Waals surface area contributed by atoms with Crippen LogP contribution in [0.3, 0.4) is 0 Å². The number of hydrogen-bond donors (Lipinski definition) is 1. The Hall–Kier alpha value is -2.58. The number of hydrogen-bond acceptors (Lipinski definition) is 6. The standard InChI is InChI=1S/C21H26N2O5S/c1-27-17-8-11-19(21(14-17)28-2)22-15-20(24)16-6-9-18(10-7-16)29(25,26)23-12-4-3-5-13-23/h6-11,14,22H,3-5,12-13,15H2,1-2H3. The maximum atomic E-state index is 12.7. The molecule has 1 saturated heterocycles. The molecule has 0 saturated carbocycles. The molecule has 1 N–H and O–H groups in total. The number of carbonyl (C=O) groups excluding carboxylic acids is 1. The molecule has 2 aromatic carbocycles. The van der Waals surface area contributed by atoms with Gasteiger partial charge >= 0.3 is 0 Å². The lowest BCUT2D eigenvalue weighted by Gasteiger charge is -2.25. The maximum Gasteiger partial charge on any atom is 0.243 e. The van der Waals surface area contributed by atoms with E-state index in [9.17, 15) is 13.2 Å². The highest BCUT2D eigenvalue weighted by molar-refractivity contribution is 7.89. The number of Topliss-reactive ketones (excluding diaryl/α,β-unsaturated/α-hetero) is 1. The second kappa shape index (κ2) is 9.28. The van der Waals surface area contributed by atoms with Gasteiger partial charge in [-0.1, -0.05) is 6.42 Å². The highest BCUT2D eigenvalue weighted by atomic mass is 32.2. The lowest BCUT2D eigenvalue weighted by atomic mass is 10.1. The van der Waals surface area contributed by atoms with Crippen LogP contribution in [0.1, 0.15) is 29.6 Å². The Kier molecular flexibility index (Phi) is 6.76. The summed E-state index contributed by atoms with van der Waals surface area (Å²) in [4.78, 5) is 12.7. The third kappa shape index (κ3) is 4.89. The third-order valence-corrected chi connectivity index (χ3v) is 6.89. The summed E-state index contributed by atoms with van der Waals surface area (Å²) in [6.07, 6.45) is 2.83. The average molecular weight is 419 g/mol. The zero-order chi connectivity index (χ0) is 20.9. The van der Waals surface area contributed by atoms with Gasteiger partial charge in [-0.2, -0.15) is 4.31 Å². The Balaban J connectivity index is 1.66. The van der Waals surface area contributed by atoms with Crippen LogP contribution >= 0.6 is 0 Å². The van der Waals surface area contributed by atoms with Crippen molar-refractivity contribution in [3.63, 3.8) is 0 Å². The number of ether oxygens (including phenoxy) is 2. The van der Waals surface area contributed by atoms with E-state index in [0.29, 0.717) is 35.8 Å². The molecule has 0 amide bonds. The molecule has 1 aliphatic rings. The van der Waals surface area contributed by atoms with Crippen LogP contribution in [0, 0.1) is 0 Å². The van der Waals surface area contributed by atoms with Crippen LogP contribution in [0.15, 0.2) is 47.4 Å². The predicted octanol–water partition coefficient (Wildman–Crippen LogP) is 3.17. The van der Waals surface area contributed by atoms with E-state index in [4.69, 9.17) is 9.47 Å². The van der Waals surface area contributed by atoms with E-state index in [1.165, 1.54) is 16.4 Å². The van der Waals surface area contributed by atoms with Gasteiger partial charge in [-0.25, -0.2) is 8.42 Å². The van der Waals surface area contributed by atoms with Crippen LogP contribution in [-0.4, -0.2) is 52.4 Å². The number of piperidine rings is 1. The molecular weight excluding hydrogens is 392 g/mol. The quantitative estimate of drug-likeness (QED) is 0.663. The lowest BCUT2D eigenvalue weighted by molar-refractivity contribution is 0.101. The van der Waals surface area contributed by atoms with Crippen molar-refractivity contribution in [3.05, 3.63) is 48.0 Å². The van der Waals surface area contributed by atoms with E-state index < -0.39 is 10.0 Å². The fourth-order valence-corrected chi connectivity index (χ4v) is 4.81. The Morgan fingerprint density at radius 1 is 1.00 bits per heavy atom. The second-order valence-electron chi connectivity index (χ2n) is 6.83. The number of carbonyl (C=O) groups is 1. The summed E-state index contributed by atoms with van der Waals surface area (Å²) in [5, 5.41) is 3.05. The molecule has 1 aliphatic heterocycles. The first-order valence-electron chi connectivity index (χ1n) is 9.55. The number of benzene rings is 2. The van der Waals surface area contributed by atoms with Gasteiger partial charge in [-0.3, -0.25) is 4.79 Å². The summed E-state index contributed by atoms with van der Waals surface area (Å²) >= 11 is 0. The summed E-state index contributed by atoms with van der Waals surface area (Å²) in [5.41, 5.74) is 1.12. The number of sulfonamides is 1. The molecule has 0 unspecified atom stereocenters. The van der Waals surface area contributed by atoms with Gasteiger partial charge in [0, 0.05) is 24.7 Å². The molecule has 0 aromatic heterocycles. The van der Waals surface area contributed by atoms with E-state index in [0.717, 1.165) is 19.3 Å². The Morgan fingerprint density at radius 2 is 1.69 bits per heavy atom. The zero-order valence-electron chi connectivity index (χ0n) is 16.7. The monoisotopic (exact) mass is 418 g/mol. The molecule has 8 heteroatoms. The van der Waals surface area contributed by atoms with Crippen molar-refractivity contribution < 1.29 is 22.7 Å². The van der Waals surface area contributed by atoms with Gasteiger partial charge in [0.05, 0.1) is 31.3 Å². The molecule has 0 radical (unpaired) electrons. The van der Waals surface area contributed by atoms with Gasteiger partial charge in [0.1, 0.15) is 11.5 Å². The molecule has 0 atom stereocenters. The summed E-state index contributed by atoms with van der Waals surface area (Å²) in [6.45, 7) is 1.16. The zero-order valence-corrected chi connectivity index (χ0v) is 17.5. The number of ketones is 1. The minimum absolute atomic E-state index is 0.0565. The van der Waals surface area contributed by atoms with Crippen LogP contribution in [0.25, 0.3) is 0 Å². The summed E-state index contributed by atoms with van der Waals surface area (Å²) < 4.78 is 37.4. The highest BCUT2D eigenvalue weighted by Gasteiger charge is 2.25. The normalized spacial score (nSPS) is 15.0. The third-order valence-electron chi connectivity index (χ3n) is 4.98. The van der Waals surface area contributed by atoms with E-state index in [1.54, 1.807) is 44.6 Å². The van der Waals surface area contributed by atoms with Crippen molar-refractivity contribution in [1.82, 2.24) is 4.31 Å². The number of nitrogens with zero attached hydrogens (tertiary/aromatic N) is 1. The van der Waals surface area contributed by atoms with Crippen molar-refractivity contribution in [2.75, 3.05) is 39.2 Å². The largest absolute Gasteiger partial charge is 0.497 e. The van der Waals surface area contributed by atoms with Crippen LogP contribution in [-0.2, 0) is 10.0 Å². The number of rotatable bonds is 8. The molecule has 29 heavy (non-hydrogen) atoms. The molecule has 0 spiro atoms. The van der Waals surface area contributed by atoms with Crippen molar-refractivity contribution in [1.29, 1.82) is 0 Å². The first-order valence-corrected chi connectivity index (χ1v) is 11.0. The maximum absolute atomic E-state index is 12.7. The van der Waals surface area contributed by atoms with E-state index in [2.05, 4.69) is 5.32 Å². The van der Waals surface area contributed by atoms with Gasteiger partial charge in [0.15, 0.2) is 5.78 Å². The summed E-state index contributed by atoms with van der Waals surface area (Å²) in [6, 6.07) is 11.4. The van der Waals surface area contributed by atoms with Gasteiger partial charge in [-0.05, 0) is 49.2 Å². The molecular formula is C21H26N2O5S. The van der Waals surface area contributed by atoms with Gasteiger partial charge in [-0.15, -0.1) is 0 Å². The number of methoxy groups -OCH3 is 2. The summed E-state index contributed by atoms with van der Waals surface area (Å²) in [7, 11) is -0.382. The lowest BCUT2D eigenvalue weighted by Crippen LogP contribution is -2.35. The second-order valence-corrected chi connectivity index (χ2v) is 8.77. The van der Waals surface area contributed by atoms with E-state index in [-0.39, 0.29) is 17.2 Å². The fourth-order valence-electron chi connectivity index (χ4n) is 3.29. The molecule has 1 heterocycles. The van der Waals surface area contributed by atoms with E-state index >= 15 is 0 Å². The highest BCUT2D eigenvalue weighted by Crippen LogP contribution is 2.29. The van der Waals surface area contributed by atoms with Crippen LogP contribution in [0.5, 0.6) is 11.5 Å². The molecule has 2 aromatic rings. The molecule has 7 nitrogen and oxygen atoms in total. The van der Waals surface area contributed by atoms with Crippen molar-refractivity contribution in [3.8, 4) is 11.5 Å². The molecule has 1 fully saturated rings. The smallest absolute Gasteiger partial charge is 0.243 e. The van der Waals surface area contributed by atoms with Gasteiger partial charge in [0.25, 0.3) is 0 Å². The van der Waals surface area contributed by atoms with Crippen molar-refractivity contribution in [2.24, 2.45) is 0 Å². The first-order chi connectivity index (χ1) is 14.0. The topological polar surface area (TPSA) is 84.9 Å². The van der Waals surface area contributed by atoms with Gasteiger partial charge < -0.3 is 14.8 Å². The van der Waals surface area contributed by atoms with Crippen molar-refractivity contribution >= 4 is 21.5 Å².